The minimum absolute atomic E-state index is 0. The zero-order chi connectivity index (χ0) is 65.0. The minimum atomic E-state index is 0. The molecule has 0 N–H and O–H groups in total. The monoisotopic (exact) mass is 1440 g/mol. The molecule has 12 heterocycles. The van der Waals surface area contributed by atoms with Crippen LogP contribution in [0.4, 0.5) is 0 Å². The number of aromatic nitrogens is 12. The van der Waals surface area contributed by atoms with Crippen molar-refractivity contribution >= 4 is 0 Å². The molecule has 0 atom stereocenters. The molecule has 98 heavy (non-hydrogen) atoms. The average Bonchev–Trinajstić information content (AvgIpc) is 0.879. The molecule has 4 aromatic carbocycles. The summed E-state index contributed by atoms with van der Waals surface area (Å²) in [6, 6.07) is 101. The molecule has 16 aromatic rings. The number of rotatable bonds is 11. The van der Waals surface area contributed by atoms with Gasteiger partial charge in [-0.2, -0.15) is 0 Å². The van der Waals surface area contributed by atoms with Crippen LogP contribution in [-0.2, 0) is 39.0 Å². The molecule has 0 fully saturated rings. The van der Waals surface area contributed by atoms with E-state index in [0.717, 1.165) is 90.6 Å². The van der Waals surface area contributed by atoms with Crippen LogP contribution in [0.5, 0.6) is 0 Å². The third kappa shape index (κ3) is 19.5. The molecule has 14 heteroatoms. The van der Waals surface area contributed by atoms with Crippen molar-refractivity contribution in [3.05, 3.63) is 378 Å². The fraction of sp³-hybridized carbons (Fsp3) is 0. The van der Waals surface area contributed by atoms with Crippen LogP contribution >= 0.6 is 0 Å². The van der Waals surface area contributed by atoms with E-state index in [4.69, 9.17) is 0 Å². The molecule has 0 radical (unpaired) electrons. The van der Waals surface area contributed by atoms with Gasteiger partial charge in [0.2, 0.25) is 0 Å². The summed E-state index contributed by atoms with van der Waals surface area (Å²) in [5.74, 6) is 0. The van der Waals surface area contributed by atoms with E-state index in [1.807, 2.05) is 207 Å². The van der Waals surface area contributed by atoms with Crippen molar-refractivity contribution in [2.75, 3.05) is 0 Å². The molecule has 0 unspecified atom stereocenters. The Balaban J connectivity index is 0.000000166. The zero-order valence-corrected chi connectivity index (χ0v) is 56.3. The van der Waals surface area contributed by atoms with Gasteiger partial charge in [-0.3, -0.25) is 59.8 Å². The molecular weight excluding hydrogens is 1380 g/mol. The normalized spacial score (nSPS) is 10.1. The molecule has 0 aliphatic rings. The molecule has 0 aliphatic heterocycles. The Morgan fingerprint density at radius 1 is 0.112 bits per heavy atom. The van der Waals surface area contributed by atoms with Crippen LogP contribution in [0.1, 0.15) is 0 Å². The molecule has 0 saturated carbocycles. The summed E-state index contributed by atoms with van der Waals surface area (Å²) in [5, 5.41) is 0. The smallest absolute Gasteiger partial charge is 0.0892 e. The van der Waals surface area contributed by atoms with Crippen molar-refractivity contribution in [1.29, 1.82) is 0 Å². The topological polar surface area (TPSA) is 155 Å². The molecule has 12 aromatic heterocycles. The van der Waals surface area contributed by atoms with Gasteiger partial charge in [0.05, 0.1) is 68.3 Å². The molecule has 0 aliphatic carbocycles. The first-order valence-corrected chi connectivity index (χ1v) is 31.1. The second-order valence-electron chi connectivity index (χ2n) is 21.3. The molecule has 0 bridgehead atoms. The van der Waals surface area contributed by atoms with Crippen molar-refractivity contribution in [2.45, 2.75) is 0 Å². The number of pyridine rings is 12. The first-order valence-electron chi connectivity index (χ1n) is 31.1. The predicted molar refractivity (Wildman–Crippen MR) is 386 cm³/mol. The zero-order valence-electron chi connectivity index (χ0n) is 52.9. The van der Waals surface area contributed by atoms with Gasteiger partial charge in [0, 0.05) is 113 Å². The Morgan fingerprint density at radius 2 is 0.245 bits per heavy atom. The Kier molecular flexibility index (Phi) is 25.7. The van der Waals surface area contributed by atoms with Gasteiger partial charge in [0.25, 0.3) is 0 Å². The summed E-state index contributed by atoms with van der Waals surface area (Å²) in [6.45, 7) is 0. The minimum Gasteiger partial charge on any atom is -0.255 e. The summed E-state index contributed by atoms with van der Waals surface area (Å²) < 4.78 is 0. The van der Waals surface area contributed by atoms with E-state index < -0.39 is 0 Å². The van der Waals surface area contributed by atoms with Crippen LogP contribution in [0, 0.1) is 0 Å². The van der Waals surface area contributed by atoms with E-state index in [0.29, 0.717) is 0 Å². The molecule has 12 nitrogen and oxygen atoms in total. The fourth-order valence-corrected chi connectivity index (χ4v) is 10.1. The summed E-state index contributed by atoms with van der Waals surface area (Å²) in [7, 11) is 0. The van der Waals surface area contributed by atoms with Gasteiger partial charge in [-0.05, 0) is 201 Å². The number of hydrogen-bond acceptors (Lipinski definition) is 12. The summed E-state index contributed by atoms with van der Waals surface area (Å²) in [6.07, 6.45) is 21.4. The van der Waals surface area contributed by atoms with E-state index in [1.54, 1.807) is 62.0 Å². The maximum atomic E-state index is 4.51. The molecule has 0 spiro atoms. The Labute approximate surface area is 596 Å². The maximum Gasteiger partial charge on any atom is 0.0892 e. The Bertz CT molecular complexity index is 4280. The number of benzene rings is 4. The van der Waals surface area contributed by atoms with Gasteiger partial charge < -0.3 is 0 Å². The van der Waals surface area contributed by atoms with Crippen molar-refractivity contribution in [3.63, 3.8) is 0 Å². The van der Waals surface area contributed by atoms with Crippen molar-refractivity contribution < 1.29 is 39.0 Å². The van der Waals surface area contributed by atoms with Crippen LogP contribution in [0.25, 0.3) is 124 Å². The second kappa shape index (κ2) is 36.6. The average molecular weight is 1440 g/mol. The summed E-state index contributed by atoms with van der Waals surface area (Å²) >= 11 is 0. The second-order valence-corrected chi connectivity index (χ2v) is 21.3. The van der Waals surface area contributed by atoms with E-state index >= 15 is 0 Å². The van der Waals surface area contributed by atoms with E-state index in [-0.39, 0.29) is 39.0 Å². The number of nitrogens with zero attached hydrogens (tertiary/aromatic N) is 12. The van der Waals surface area contributed by atoms with Gasteiger partial charge in [0.1, 0.15) is 0 Å². The molecule has 474 valence electrons. The molecule has 0 amide bonds. The van der Waals surface area contributed by atoms with Crippen LogP contribution in [0.15, 0.2) is 378 Å². The van der Waals surface area contributed by atoms with Crippen molar-refractivity contribution in [2.24, 2.45) is 0 Å². The van der Waals surface area contributed by atoms with Gasteiger partial charge in [-0.1, -0.05) is 158 Å². The van der Waals surface area contributed by atoms with Crippen molar-refractivity contribution in [1.82, 2.24) is 59.8 Å². The van der Waals surface area contributed by atoms with Crippen molar-refractivity contribution in [3.8, 4) is 124 Å². The van der Waals surface area contributed by atoms with E-state index in [2.05, 4.69) is 169 Å². The molecule has 16 rings (SSSR count). The van der Waals surface area contributed by atoms with E-state index in [9.17, 15) is 0 Å². The van der Waals surface area contributed by atoms with Gasteiger partial charge in [0.15, 0.2) is 0 Å². The molecule has 0 saturated heterocycles. The first-order chi connectivity index (χ1) is 47.6. The van der Waals surface area contributed by atoms with Gasteiger partial charge >= 0.3 is 0 Å². The largest absolute Gasteiger partial charge is 0.255 e. The SMILES string of the molecule is [Ru].[Ru].c1ccc(-c2cc(-c3ccc(-c4ccc(-c5ccc(-c6ccc(-c7ccnc(-c8ccccn8)c7)cc6)cc5)cc4)cc3)ccn2)nc1.c1ccc(-c2ccccn2)nc1.c1ccc(-c2ccccn2)nc1.c1ccc(-c2ccccn2)nc1.c1ccc(-c2ccccn2)nc1. The number of hydrogen-bond donors (Lipinski definition) is 0. The van der Waals surface area contributed by atoms with Crippen LogP contribution in [0.3, 0.4) is 0 Å². The quantitative estimate of drug-likeness (QED) is 0.113. The third-order valence-corrected chi connectivity index (χ3v) is 14.9. The molecular formula is C84H62N12Ru2. The van der Waals surface area contributed by atoms with Crippen LogP contribution < -0.4 is 0 Å². The third-order valence-electron chi connectivity index (χ3n) is 14.9. The van der Waals surface area contributed by atoms with E-state index in [1.165, 1.54) is 33.4 Å². The summed E-state index contributed by atoms with van der Waals surface area (Å²) in [5.41, 5.74) is 22.5. The van der Waals surface area contributed by atoms with Crippen LogP contribution in [0.2, 0.25) is 0 Å². The van der Waals surface area contributed by atoms with Gasteiger partial charge in [-0.25, -0.2) is 0 Å². The van der Waals surface area contributed by atoms with Gasteiger partial charge in [-0.15, -0.1) is 0 Å². The predicted octanol–water partition coefficient (Wildman–Crippen LogP) is 19.5. The Hall–Kier alpha value is -12.1. The standard InChI is InChI=1S/C44H30N4.4C10H8N2.2Ru/c1-3-25-45-41(5-1)43-29-39(23-27-47-43)37-19-15-35(16-20-37)33-11-7-31(8-12-33)32-9-13-34(14-10-32)36-17-21-38(22-18-36)40-24-28-48-44(30-40)42-6-2-4-26-46-42;4*1-3-7-11-9(5-1)10-6-2-4-8-12-10;;/h1-30H;4*1-8H;;. The maximum absolute atomic E-state index is 4.51. The fourth-order valence-electron chi connectivity index (χ4n) is 10.1. The Morgan fingerprint density at radius 3 is 0.388 bits per heavy atom. The summed E-state index contributed by atoms with van der Waals surface area (Å²) in [4.78, 5) is 51.4. The first kappa shape index (κ1) is 68.8. The van der Waals surface area contributed by atoms with Crippen LogP contribution in [-0.4, -0.2) is 59.8 Å².